The standard InChI is InChI=1S/C26H24ClNO3S/c1-2-13-7-9-17(31-26-28-19-10-8-16(27)11-20(19)32-26)12-18(13)23-24(29)21-14-3-4-15(6-5-14)22(21)25(23)30/h7-12,14-15,21-22,29H,2-6H2,1H3. The SMILES string of the molecule is CCc1ccc(Oc2nc3ccc(Cl)cc3s2)cc1C1=C(O)C2C3CCC(CC3)C2C1=O. The normalized spacial score (nSPS) is 26.8. The summed E-state index contributed by atoms with van der Waals surface area (Å²) in [6.45, 7) is 2.07. The van der Waals surface area contributed by atoms with Crippen LogP contribution >= 0.6 is 22.9 Å². The Morgan fingerprint density at radius 1 is 1.09 bits per heavy atom. The third-order valence-corrected chi connectivity index (χ3v) is 8.74. The monoisotopic (exact) mass is 465 g/mol. The van der Waals surface area contributed by atoms with Crippen molar-refractivity contribution in [3.05, 3.63) is 58.3 Å². The molecule has 3 aromatic rings. The summed E-state index contributed by atoms with van der Waals surface area (Å²) in [7, 11) is 0. The van der Waals surface area contributed by atoms with Gasteiger partial charge < -0.3 is 9.84 Å². The first-order valence-corrected chi connectivity index (χ1v) is 12.6. The Hall–Kier alpha value is -2.37. The number of halogens is 1. The van der Waals surface area contributed by atoms with Crippen molar-refractivity contribution in [3.63, 3.8) is 0 Å². The van der Waals surface area contributed by atoms with Gasteiger partial charge in [-0.3, -0.25) is 4.79 Å². The molecular weight excluding hydrogens is 442 g/mol. The molecule has 164 valence electrons. The van der Waals surface area contributed by atoms with Crippen molar-refractivity contribution in [2.24, 2.45) is 23.7 Å². The van der Waals surface area contributed by atoms with Gasteiger partial charge in [-0.05, 0) is 85.4 Å². The van der Waals surface area contributed by atoms with Gasteiger partial charge in [-0.1, -0.05) is 35.9 Å². The van der Waals surface area contributed by atoms with Crippen molar-refractivity contribution < 1.29 is 14.6 Å². The van der Waals surface area contributed by atoms with E-state index in [2.05, 4.69) is 11.9 Å². The number of allylic oxidation sites excluding steroid dienone is 2. The third-order valence-electron chi connectivity index (χ3n) is 7.61. The minimum Gasteiger partial charge on any atom is -0.511 e. The number of carbonyl (C=O) groups is 1. The summed E-state index contributed by atoms with van der Waals surface area (Å²) in [4.78, 5) is 18.1. The maximum Gasteiger partial charge on any atom is 0.279 e. The van der Waals surface area contributed by atoms with Crippen molar-refractivity contribution in [1.29, 1.82) is 0 Å². The van der Waals surface area contributed by atoms with Crippen molar-refractivity contribution in [3.8, 4) is 10.9 Å². The van der Waals surface area contributed by atoms with Crippen LogP contribution in [0.3, 0.4) is 0 Å². The van der Waals surface area contributed by atoms with E-state index in [0.717, 1.165) is 53.4 Å². The number of hydrogen-bond donors (Lipinski definition) is 1. The summed E-state index contributed by atoms with van der Waals surface area (Å²) in [5.74, 6) is 1.88. The number of fused-ring (bicyclic) bond motifs is 3. The second-order valence-electron chi connectivity index (χ2n) is 9.22. The maximum absolute atomic E-state index is 13.5. The zero-order valence-corrected chi connectivity index (χ0v) is 19.4. The number of benzene rings is 2. The summed E-state index contributed by atoms with van der Waals surface area (Å²) in [5, 5.41) is 12.4. The number of nitrogens with zero attached hydrogens (tertiary/aromatic N) is 1. The van der Waals surface area contributed by atoms with E-state index in [9.17, 15) is 9.90 Å². The van der Waals surface area contributed by atoms with Gasteiger partial charge in [0.1, 0.15) is 11.5 Å². The van der Waals surface area contributed by atoms with Gasteiger partial charge in [-0.25, -0.2) is 4.98 Å². The van der Waals surface area contributed by atoms with E-state index in [1.807, 2.05) is 36.4 Å². The average molecular weight is 466 g/mol. The molecule has 4 aliphatic carbocycles. The van der Waals surface area contributed by atoms with Crippen LogP contribution in [0.1, 0.15) is 43.7 Å². The zero-order valence-electron chi connectivity index (χ0n) is 17.8. The van der Waals surface area contributed by atoms with Gasteiger partial charge in [0.05, 0.1) is 15.8 Å². The maximum atomic E-state index is 13.5. The van der Waals surface area contributed by atoms with E-state index in [0.29, 0.717) is 39.1 Å². The van der Waals surface area contributed by atoms with E-state index < -0.39 is 0 Å². The van der Waals surface area contributed by atoms with Gasteiger partial charge in [0.2, 0.25) is 0 Å². The highest BCUT2D eigenvalue weighted by atomic mass is 35.5. The van der Waals surface area contributed by atoms with Crippen molar-refractivity contribution >= 4 is 44.5 Å². The number of aromatic nitrogens is 1. The average Bonchev–Trinajstić information content (AvgIpc) is 3.32. The summed E-state index contributed by atoms with van der Waals surface area (Å²) >= 11 is 7.53. The predicted octanol–water partition coefficient (Wildman–Crippen LogP) is 7.21. The molecule has 2 bridgehead atoms. The Morgan fingerprint density at radius 3 is 2.56 bits per heavy atom. The van der Waals surface area contributed by atoms with Gasteiger partial charge in [0.25, 0.3) is 5.19 Å². The molecule has 6 heteroatoms. The van der Waals surface area contributed by atoms with Gasteiger partial charge >= 0.3 is 0 Å². The lowest BCUT2D eigenvalue weighted by atomic mass is 9.59. The highest BCUT2D eigenvalue weighted by Gasteiger charge is 2.54. The van der Waals surface area contributed by atoms with Crippen LogP contribution in [-0.2, 0) is 11.2 Å². The quantitative estimate of drug-likeness (QED) is 0.442. The molecule has 0 radical (unpaired) electrons. The minimum atomic E-state index is -0.0409. The molecule has 3 fully saturated rings. The summed E-state index contributed by atoms with van der Waals surface area (Å²) in [5.41, 5.74) is 3.22. The smallest absolute Gasteiger partial charge is 0.279 e. The number of rotatable bonds is 4. The van der Waals surface area contributed by atoms with Crippen LogP contribution in [-0.4, -0.2) is 15.9 Å². The van der Waals surface area contributed by atoms with Crippen LogP contribution in [0.5, 0.6) is 10.9 Å². The predicted molar refractivity (Wildman–Crippen MR) is 128 cm³/mol. The Kier molecular flexibility index (Phi) is 4.81. The lowest BCUT2D eigenvalue weighted by molar-refractivity contribution is -0.123. The highest BCUT2D eigenvalue weighted by Crippen LogP contribution is 2.57. The van der Waals surface area contributed by atoms with E-state index >= 15 is 0 Å². The first-order valence-electron chi connectivity index (χ1n) is 11.4. The van der Waals surface area contributed by atoms with Crippen LogP contribution in [0.2, 0.25) is 5.02 Å². The molecule has 7 rings (SSSR count). The molecule has 32 heavy (non-hydrogen) atoms. The molecule has 2 unspecified atom stereocenters. The van der Waals surface area contributed by atoms with E-state index in [4.69, 9.17) is 16.3 Å². The second-order valence-corrected chi connectivity index (χ2v) is 10.6. The first-order chi connectivity index (χ1) is 15.5. The number of aliphatic hydroxyl groups is 1. The molecule has 1 N–H and O–H groups in total. The lowest BCUT2D eigenvalue weighted by Crippen LogP contribution is -2.41. The molecule has 0 spiro atoms. The van der Waals surface area contributed by atoms with Crippen molar-refractivity contribution in [2.45, 2.75) is 39.0 Å². The third kappa shape index (κ3) is 3.09. The Labute approximate surface area is 195 Å². The van der Waals surface area contributed by atoms with Gasteiger partial charge in [0, 0.05) is 16.9 Å². The van der Waals surface area contributed by atoms with Crippen LogP contribution in [0.4, 0.5) is 0 Å². The fourth-order valence-corrected chi connectivity index (χ4v) is 7.24. The topological polar surface area (TPSA) is 59.4 Å². The van der Waals surface area contributed by atoms with Gasteiger partial charge in [-0.15, -0.1) is 0 Å². The molecule has 0 aliphatic heterocycles. The summed E-state index contributed by atoms with van der Waals surface area (Å²) < 4.78 is 7.06. The molecule has 4 nitrogen and oxygen atoms in total. The molecule has 4 aliphatic rings. The van der Waals surface area contributed by atoms with Crippen molar-refractivity contribution in [1.82, 2.24) is 4.98 Å². The van der Waals surface area contributed by atoms with Crippen LogP contribution < -0.4 is 4.74 Å². The molecule has 1 heterocycles. The fourth-order valence-electron chi connectivity index (χ4n) is 6.13. The van der Waals surface area contributed by atoms with E-state index in [1.165, 1.54) is 11.3 Å². The number of aliphatic hydroxyl groups excluding tert-OH is 1. The molecule has 1 aromatic heterocycles. The molecular formula is C26H24ClNO3S. The minimum absolute atomic E-state index is 0.00768. The van der Waals surface area contributed by atoms with Crippen molar-refractivity contribution in [2.75, 3.05) is 0 Å². The second kappa shape index (κ2) is 7.60. The van der Waals surface area contributed by atoms with Gasteiger partial charge in [0.15, 0.2) is 5.78 Å². The first kappa shape index (κ1) is 20.3. The number of hydrogen-bond acceptors (Lipinski definition) is 5. The van der Waals surface area contributed by atoms with Gasteiger partial charge in [-0.2, -0.15) is 0 Å². The summed E-state index contributed by atoms with van der Waals surface area (Å²) in [6.07, 6.45) is 5.26. The number of carbonyl (C=O) groups excluding carboxylic acids is 1. The Bertz CT molecular complexity index is 1270. The zero-order chi connectivity index (χ0) is 22.0. The molecule has 0 saturated heterocycles. The number of aryl methyl sites for hydroxylation is 1. The Balaban J connectivity index is 1.38. The Morgan fingerprint density at radius 2 is 1.84 bits per heavy atom. The van der Waals surface area contributed by atoms with E-state index in [1.54, 1.807) is 0 Å². The van der Waals surface area contributed by atoms with Crippen LogP contribution in [0, 0.1) is 23.7 Å². The molecule has 2 aromatic carbocycles. The molecule has 3 saturated carbocycles. The van der Waals surface area contributed by atoms with Crippen LogP contribution in [0.15, 0.2) is 42.2 Å². The molecule has 2 atom stereocenters. The van der Waals surface area contributed by atoms with E-state index in [-0.39, 0.29) is 17.6 Å². The fraction of sp³-hybridized carbons (Fsp3) is 0.385. The summed E-state index contributed by atoms with van der Waals surface area (Å²) in [6, 6.07) is 11.4. The lowest BCUT2D eigenvalue weighted by Gasteiger charge is -2.44. The van der Waals surface area contributed by atoms with Crippen LogP contribution in [0.25, 0.3) is 15.8 Å². The number of thiazole rings is 1. The molecule has 0 amide bonds. The number of ketones is 1. The number of ether oxygens (including phenoxy) is 1. The largest absolute Gasteiger partial charge is 0.511 e. The highest BCUT2D eigenvalue weighted by molar-refractivity contribution is 7.20. The number of Topliss-reactive ketones (excluding diaryl/α,β-unsaturated/α-hetero) is 1.